The van der Waals surface area contributed by atoms with Crippen molar-refractivity contribution in [2.45, 2.75) is 18.1 Å². The van der Waals surface area contributed by atoms with Crippen LogP contribution in [0.15, 0.2) is 48.5 Å². The van der Waals surface area contributed by atoms with Crippen molar-refractivity contribution in [3.05, 3.63) is 64.7 Å². The number of thioether (sulfide) groups is 1. The lowest BCUT2D eigenvalue weighted by molar-refractivity contribution is -0.135. The molecule has 1 fully saturated rings. The Bertz CT molecular complexity index is 782. The molecule has 0 saturated carbocycles. The first-order chi connectivity index (χ1) is 14.1. The predicted molar refractivity (Wildman–Crippen MR) is 122 cm³/mol. The van der Waals surface area contributed by atoms with Crippen molar-refractivity contribution < 1.29 is 9.53 Å². The number of amides is 1. The van der Waals surface area contributed by atoms with Gasteiger partial charge in [0.1, 0.15) is 5.75 Å². The van der Waals surface area contributed by atoms with Crippen molar-refractivity contribution in [3.8, 4) is 5.75 Å². The summed E-state index contributed by atoms with van der Waals surface area (Å²) in [5, 5.41) is 4.12. The SMILES string of the molecule is COc1ccc(CSCCN(C)C(=O)C2CNCCC2c2ccc(Cl)cc2)cc1. The zero-order valence-electron chi connectivity index (χ0n) is 17.1. The lowest BCUT2D eigenvalue weighted by Gasteiger charge is -2.34. The molecule has 1 aliphatic rings. The fourth-order valence-electron chi connectivity index (χ4n) is 3.73. The molecule has 0 radical (unpaired) electrons. The van der Waals surface area contributed by atoms with Gasteiger partial charge in [-0.25, -0.2) is 0 Å². The summed E-state index contributed by atoms with van der Waals surface area (Å²) >= 11 is 7.88. The molecule has 2 aromatic carbocycles. The minimum atomic E-state index is -0.0264. The highest BCUT2D eigenvalue weighted by Crippen LogP contribution is 2.32. The summed E-state index contributed by atoms with van der Waals surface area (Å²) in [6, 6.07) is 16.1. The molecule has 3 rings (SSSR count). The highest BCUT2D eigenvalue weighted by Gasteiger charge is 2.33. The molecule has 0 spiro atoms. The Morgan fingerprint density at radius 2 is 1.93 bits per heavy atom. The second-order valence-electron chi connectivity index (χ2n) is 7.42. The molecule has 2 aromatic rings. The molecule has 2 unspecified atom stereocenters. The lowest BCUT2D eigenvalue weighted by Crippen LogP contribution is -2.45. The van der Waals surface area contributed by atoms with Crippen LogP contribution in [-0.2, 0) is 10.5 Å². The number of carbonyl (C=O) groups excluding carboxylic acids is 1. The fourth-order valence-corrected chi connectivity index (χ4v) is 4.83. The number of nitrogens with zero attached hydrogens (tertiary/aromatic N) is 1. The number of rotatable bonds is 8. The van der Waals surface area contributed by atoms with Crippen molar-refractivity contribution in [2.75, 3.05) is 39.5 Å². The monoisotopic (exact) mass is 432 g/mol. The Balaban J connectivity index is 1.50. The number of methoxy groups -OCH3 is 1. The Kier molecular flexibility index (Phi) is 8.28. The summed E-state index contributed by atoms with van der Waals surface area (Å²) in [7, 11) is 3.60. The van der Waals surface area contributed by atoms with E-state index in [-0.39, 0.29) is 17.7 Å². The second kappa shape index (κ2) is 10.9. The number of hydrogen-bond donors (Lipinski definition) is 1. The predicted octanol–water partition coefficient (Wildman–Crippen LogP) is 4.43. The molecule has 6 heteroatoms. The van der Waals surface area contributed by atoms with Crippen molar-refractivity contribution in [1.29, 1.82) is 0 Å². The van der Waals surface area contributed by atoms with Crippen molar-refractivity contribution >= 4 is 29.3 Å². The van der Waals surface area contributed by atoms with E-state index >= 15 is 0 Å². The second-order valence-corrected chi connectivity index (χ2v) is 8.96. The summed E-state index contributed by atoms with van der Waals surface area (Å²) in [5.41, 5.74) is 2.47. The summed E-state index contributed by atoms with van der Waals surface area (Å²) in [4.78, 5) is 15.0. The maximum atomic E-state index is 13.1. The van der Waals surface area contributed by atoms with E-state index in [4.69, 9.17) is 16.3 Å². The standard InChI is InChI=1S/C23H29ClN2O2S/c1-26(13-14-29-16-17-3-9-20(28-2)10-4-17)23(27)22-15-25-12-11-21(22)18-5-7-19(24)8-6-18/h3-10,21-22,25H,11-16H2,1-2H3. The van der Waals surface area contributed by atoms with Gasteiger partial charge in [-0.3, -0.25) is 4.79 Å². The van der Waals surface area contributed by atoms with Gasteiger partial charge in [0.25, 0.3) is 0 Å². The molecule has 1 aliphatic heterocycles. The topological polar surface area (TPSA) is 41.6 Å². The molecule has 2 atom stereocenters. The first kappa shape index (κ1) is 22.0. The third kappa shape index (κ3) is 6.14. The minimum Gasteiger partial charge on any atom is -0.497 e. The average molecular weight is 433 g/mol. The summed E-state index contributed by atoms with van der Waals surface area (Å²) in [6.07, 6.45) is 0.970. The maximum absolute atomic E-state index is 13.1. The molecule has 0 aromatic heterocycles. The summed E-state index contributed by atoms with van der Waals surface area (Å²) in [5.74, 6) is 3.17. The van der Waals surface area contributed by atoms with Gasteiger partial charge in [-0.2, -0.15) is 11.8 Å². The maximum Gasteiger partial charge on any atom is 0.227 e. The number of hydrogen-bond acceptors (Lipinski definition) is 4. The Morgan fingerprint density at radius 1 is 1.21 bits per heavy atom. The quantitative estimate of drug-likeness (QED) is 0.626. The van der Waals surface area contributed by atoms with Crippen molar-refractivity contribution in [1.82, 2.24) is 10.2 Å². The molecule has 4 nitrogen and oxygen atoms in total. The fraction of sp³-hybridized carbons (Fsp3) is 0.435. The third-order valence-corrected chi connectivity index (χ3v) is 6.73. The van der Waals surface area contributed by atoms with Gasteiger partial charge >= 0.3 is 0 Å². The van der Waals surface area contributed by atoms with E-state index in [0.29, 0.717) is 0 Å². The van der Waals surface area contributed by atoms with Gasteiger partial charge in [0.2, 0.25) is 5.91 Å². The first-order valence-corrected chi connectivity index (χ1v) is 11.5. The number of benzene rings is 2. The Morgan fingerprint density at radius 3 is 2.62 bits per heavy atom. The zero-order chi connectivity index (χ0) is 20.6. The van der Waals surface area contributed by atoms with Crippen LogP contribution in [0.25, 0.3) is 0 Å². The lowest BCUT2D eigenvalue weighted by atomic mass is 9.80. The Labute approximate surface area is 183 Å². The molecule has 0 aliphatic carbocycles. The molecule has 1 heterocycles. The van der Waals surface area contributed by atoms with Crippen LogP contribution >= 0.6 is 23.4 Å². The molecular weight excluding hydrogens is 404 g/mol. The minimum absolute atomic E-state index is 0.0264. The molecule has 0 bridgehead atoms. The van der Waals surface area contributed by atoms with Crippen LogP contribution in [0.4, 0.5) is 0 Å². The van der Waals surface area contributed by atoms with Gasteiger partial charge in [-0.1, -0.05) is 35.9 Å². The van der Waals surface area contributed by atoms with E-state index in [1.165, 1.54) is 11.1 Å². The van der Waals surface area contributed by atoms with Crippen LogP contribution in [0.5, 0.6) is 5.75 Å². The van der Waals surface area contributed by atoms with Crippen LogP contribution in [0, 0.1) is 5.92 Å². The van der Waals surface area contributed by atoms with E-state index in [1.54, 1.807) is 7.11 Å². The normalized spacial score (nSPS) is 19.0. The van der Waals surface area contributed by atoms with Crippen molar-refractivity contribution in [3.63, 3.8) is 0 Å². The van der Waals surface area contributed by atoms with Crippen LogP contribution < -0.4 is 10.1 Å². The highest BCUT2D eigenvalue weighted by molar-refractivity contribution is 7.98. The molecule has 1 N–H and O–H groups in total. The van der Waals surface area contributed by atoms with Gasteiger partial charge in [-0.15, -0.1) is 0 Å². The van der Waals surface area contributed by atoms with Gasteiger partial charge in [0.05, 0.1) is 13.0 Å². The van der Waals surface area contributed by atoms with E-state index in [1.807, 2.05) is 48.0 Å². The largest absolute Gasteiger partial charge is 0.497 e. The van der Waals surface area contributed by atoms with Crippen LogP contribution in [0.1, 0.15) is 23.5 Å². The van der Waals surface area contributed by atoms with E-state index in [2.05, 4.69) is 29.6 Å². The van der Waals surface area contributed by atoms with Gasteiger partial charge in [-0.05, 0) is 54.3 Å². The van der Waals surface area contributed by atoms with Crippen LogP contribution in [0.3, 0.4) is 0 Å². The highest BCUT2D eigenvalue weighted by atomic mass is 35.5. The molecule has 156 valence electrons. The van der Waals surface area contributed by atoms with Crippen LogP contribution in [0.2, 0.25) is 5.02 Å². The summed E-state index contributed by atoms with van der Waals surface area (Å²) in [6.45, 7) is 2.43. The number of carbonyl (C=O) groups is 1. The van der Waals surface area contributed by atoms with Gasteiger partial charge < -0.3 is 15.0 Å². The van der Waals surface area contributed by atoms with Crippen molar-refractivity contribution in [2.24, 2.45) is 5.92 Å². The van der Waals surface area contributed by atoms with E-state index in [0.717, 1.165) is 48.3 Å². The first-order valence-electron chi connectivity index (χ1n) is 10.0. The third-order valence-electron chi connectivity index (χ3n) is 5.47. The van der Waals surface area contributed by atoms with Gasteiger partial charge in [0, 0.05) is 36.7 Å². The van der Waals surface area contributed by atoms with E-state index < -0.39 is 0 Å². The number of ether oxygens (including phenoxy) is 1. The number of piperidine rings is 1. The molecule has 1 saturated heterocycles. The number of halogens is 1. The van der Waals surface area contributed by atoms with Gasteiger partial charge in [0.15, 0.2) is 0 Å². The molecule has 29 heavy (non-hydrogen) atoms. The average Bonchev–Trinajstić information content (AvgIpc) is 2.77. The molecule has 1 amide bonds. The Hall–Kier alpha value is -1.69. The zero-order valence-corrected chi connectivity index (χ0v) is 18.6. The smallest absolute Gasteiger partial charge is 0.227 e. The summed E-state index contributed by atoms with van der Waals surface area (Å²) < 4.78 is 5.19. The van der Waals surface area contributed by atoms with Crippen LogP contribution in [-0.4, -0.2) is 50.4 Å². The molecular formula is C23H29ClN2O2S. The number of nitrogens with one attached hydrogen (secondary N) is 1. The van der Waals surface area contributed by atoms with E-state index in [9.17, 15) is 4.79 Å².